The van der Waals surface area contributed by atoms with Crippen molar-refractivity contribution < 1.29 is 4.79 Å². The molecule has 1 saturated carbocycles. The van der Waals surface area contributed by atoms with E-state index in [1.165, 1.54) is 0 Å². The van der Waals surface area contributed by atoms with Crippen LogP contribution >= 0.6 is 0 Å². The zero-order chi connectivity index (χ0) is 13.9. The summed E-state index contributed by atoms with van der Waals surface area (Å²) >= 11 is 0. The van der Waals surface area contributed by atoms with Gasteiger partial charge < -0.3 is 11.1 Å². The van der Waals surface area contributed by atoms with Crippen LogP contribution in [0.5, 0.6) is 0 Å². The number of carbonyl (C=O) groups excluding carboxylic acids is 1. The third-order valence-electron chi connectivity index (χ3n) is 4.85. The highest BCUT2D eigenvalue weighted by molar-refractivity contribution is 5.79. The van der Waals surface area contributed by atoms with Gasteiger partial charge in [0.15, 0.2) is 0 Å². The summed E-state index contributed by atoms with van der Waals surface area (Å²) < 4.78 is 0. The number of hydrogen-bond donors (Lipinski definition) is 2. The van der Waals surface area contributed by atoms with Crippen molar-refractivity contribution in [3.63, 3.8) is 0 Å². The van der Waals surface area contributed by atoms with Crippen LogP contribution in [0.15, 0.2) is 0 Å². The van der Waals surface area contributed by atoms with Crippen molar-refractivity contribution in [2.24, 2.45) is 28.9 Å². The minimum absolute atomic E-state index is 0.108. The quantitative estimate of drug-likeness (QED) is 0.810. The van der Waals surface area contributed by atoms with E-state index in [1.807, 2.05) is 0 Å². The van der Waals surface area contributed by atoms with Crippen molar-refractivity contribution in [1.82, 2.24) is 5.32 Å². The molecule has 0 spiro atoms. The SMILES string of the molecule is CC1CCC(N)CC1C(=O)NCC(C)(C)C(C)C. The van der Waals surface area contributed by atoms with Crippen LogP contribution in [0.4, 0.5) is 0 Å². The molecule has 0 saturated heterocycles. The van der Waals surface area contributed by atoms with E-state index in [-0.39, 0.29) is 23.3 Å². The molecule has 0 aliphatic heterocycles. The Morgan fingerprint density at radius 1 is 1.39 bits per heavy atom. The van der Waals surface area contributed by atoms with Crippen molar-refractivity contribution in [1.29, 1.82) is 0 Å². The van der Waals surface area contributed by atoms with Gasteiger partial charge in [0, 0.05) is 18.5 Å². The summed E-state index contributed by atoms with van der Waals surface area (Å²) in [5.74, 6) is 1.33. The van der Waals surface area contributed by atoms with E-state index >= 15 is 0 Å². The Morgan fingerprint density at radius 3 is 2.56 bits per heavy atom. The van der Waals surface area contributed by atoms with E-state index in [9.17, 15) is 4.79 Å². The molecule has 106 valence electrons. The fraction of sp³-hybridized carbons (Fsp3) is 0.933. The Kier molecular flexibility index (Phi) is 5.20. The standard InChI is InChI=1S/C15H30N2O/c1-10(2)15(4,5)9-17-14(18)13-8-12(16)7-6-11(13)3/h10-13H,6-9,16H2,1-5H3,(H,17,18). The number of rotatable bonds is 4. The lowest BCUT2D eigenvalue weighted by Crippen LogP contribution is -2.45. The van der Waals surface area contributed by atoms with Gasteiger partial charge in [0.25, 0.3) is 0 Å². The van der Waals surface area contributed by atoms with E-state index in [2.05, 4.69) is 39.9 Å². The van der Waals surface area contributed by atoms with Gasteiger partial charge in [-0.05, 0) is 36.5 Å². The molecule has 3 unspecified atom stereocenters. The fourth-order valence-corrected chi connectivity index (χ4v) is 2.37. The van der Waals surface area contributed by atoms with Crippen LogP contribution in [0.3, 0.4) is 0 Å². The van der Waals surface area contributed by atoms with Crippen LogP contribution in [0, 0.1) is 23.2 Å². The number of amides is 1. The third kappa shape index (κ3) is 3.98. The minimum Gasteiger partial charge on any atom is -0.355 e. The first kappa shape index (κ1) is 15.5. The predicted molar refractivity (Wildman–Crippen MR) is 76.1 cm³/mol. The van der Waals surface area contributed by atoms with Crippen LogP contribution in [0.25, 0.3) is 0 Å². The normalized spacial score (nSPS) is 29.4. The second kappa shape index (κ2) is 6.05. The molecule has 0 radical (unpaired) electrons. The lowest BCUT2D eigenvalue weighted by Gasteiger charge is -2.34. The molecule has 0 heterocycles. The van der Waals surface area contributed by atoms with Gasteiger partial charge in [0.05, 0.1) is 0 Å². The van der Waals surface area contributed by atoms with Gasteiger partial charge in [-0.25, -0.2) is 0 Å². The molecule has 0 bridgehead atoms. The van der Waals surface area contributed by atoms with E-state index in [4.69, 9.17) is 5.73 Å². The molecular weight excluding hydrogens is 224 g/mol. The summed E-state index contributed by atoms with van der Waals surface area (Å²) in [5.41, 5.74) is 6.12. The summed E-state index contributed by atoms with van der Waals surface area (Å²) in [6.45, 7) is 11.7. The van der Waals surface area contributed by atoms with Gasteiger partial charge in [0.1, 0.15) is 0 Å². The molecule has 0 aromatic carbocycles. The molecule has 1 fully saturated rings. The van der Waals surface area contributed by atoms with Crippen molar-refractivity contribution >= 4 is 5.91 Å². The average molecular weight is 254 g/mol. The van der Waals surface area contributed by atoms with Gasteiger partial charge >= 0.3 is 0 Å². The predicted octanol–water partition coefficient (Wildman–Crippen LogP) is 2.55. The summed E-state index contributed by atoms with van der Waals surface area (Å²) in [7, 11) is 0. The largest absolute Gasteiger partial charge is 0.355 e. The lowest BCUT2D eigenvalue weighted by atomic mass is 9.77. The topological polar surface area (TPSA) is 55.1 Å². The molecule has 0 aromatic heterocycles. The maximum atomic E-state index is 12.3. The first-order valence-electron chi connectivity index (χ1n) is 7.27. The van der Waals surface area contributed by atoms with Crippen LogP contribution in [0.2, 0.25) is 0 Å². The molecule has 3 nitrogen and oxygen atoms in total. The number of nitrogens with one attached hydrogen (secondary N) is 1. The maximum Gasteiger partial charge on any atom is 0.223 e. The van der Waals surface area contributed by atoms with E-state index in [0.717, 1.165) is 25.8 Å². The maximum absolute atomic E-state index is 12.3. The zero-order valence-corrected chi connectivity index (χ0v) is 12.6. The molecule has 1 aliphatic rings. The number of hydrogen-bond acceptors (Lipinski definition) is 2. The van der Waals surface area contributed by atoms with Gasteiger partial charge in [-0.2, -0.15) is 0 Å². The van der Waals surface area contributed by atoms with Crippen LogP contribution in [0.1, 0.15) is 53.9 Å². The van der Waals surface area contributed by atoms with Crippen LogP contribution in [-0.4, -0.2) is 18.5 Å². The highest BCUT2D eigenvalue weighted by atomic mass is 16.1. The number of carbonyl (C=O) groups is 1. The van der Waals surface area contributed by atoms with Crippen LogP contribution in [-0.2, 0) is 4.79 Å². The summed E-state index contributed by atoms with van der Waals surface area (Å²) in [6.07, 6.45) is 2.98. The zero-order valence-electron chi connectivity index (χ0n) is 12.6. The van der Waals surface area contributed by atoms with Gasteiger partial charge in [-0.15, -0.1) is 0 Å². The number of nitrogens with two attached hydrogens (primary N) is 1. The van der Waals surface area contributed by atoms with Gasteiger partial charge in [-0.3, -0.25) is 4.79 Å². The Bertz CT molecular complexity index is 286. The second-order valence-corrected chi connectivity index (χ2v) is 7.02. The molecule has 3 N–H and O–H groups in total. The van der Waals surface area contributed by atoms with Crippen molar-refractivity contribution in [3.8, 4) is 0 Å². The van der Waals surface area contributed by atoms with Crippen molar-refractivity contribution in [2.45, 2.75) is 59.9 Å². The first-order valence-corrected chi connectivity index (χ1v) is 7.27. The third-order valence-corrected chi connectivity index (χ3v) is 4.85. The Balaban J connectivity index is 2.50. The van der Waals surface area contributed by atoms with E-state index in [0.29, 0.717) is 11.8 Å². The van der Waals surface area contributed by atoms with Crippen molar-refractivity contribution in [2.75, 3.05) is 6.54 Å². The Morgan fingerprint density at radius 2 is 2.00 bits per heavy atom. The van der Waals surface area contributed by atoms with Gasteiger partial charge in [-0.1, -0.05) is 34.6 Å². The van der Waals surface area contributed by atoms with E-state index in [1.54, 1.807) is 0 Å². The molecule has 18 heavy (non-hydrogen) atoms. The Labute approximate surface area is 112 Å². The molecule has 1 aliphatic carbocycles. The van der Waals surface area contributed by atoms with Gasteiger partial charge in [0.2, 0.25) is 5.91 Å². The highest BCUT2D eigenvalue weighted by Crippen LogP contribution is 2.30. The molecule has 1 rings (SSSR count). The molecule has 3 heteroatoms. The second-order valence-electron chi connectivity index (χ2n) is 7.02. The first-order chi connectivity index (χ1) is 8.24. The molecule has 3 atom stereocenters. The molecule has 0 aromatic rings. The fourth-order valence-electron chi connectivity index (χ4n) is 2.37. The summed E-state index contributed by atoms with van der Waals surface area (Å²) in [5, 5.41) is 3.13. The van der Waals surface area contributed by atoms with Crippen molar-refractivity contribution in [3.05, 3.63) is 0 Å². The lowest BCUT2D eigenvalue weighted by molar-refractivity contribution is -0.128. The van der Waals surface area contributed by atoms with E-state index < -0.39 is 0 Å². The molecule has 1 amide bonds. The minimum atomic E-state index is 0.108. The Hall–Kier alpha value is -0.570. The van der Waals surface area contributed by atoms with Crippen LogP contribution < -0.4 is 11.1 Å². The monoisotopic (exact) mass is 254 g/mol. The smallest absolute Gasteiger partial charge is 0.223 e. The average Bonchev–Trinajstić information content (AvgIpc) is 2.29. The summed E-state index contributed by atoms with van der Waals surface area (Å²) in [6, 6.07) is 0.204. The summed E-state index contributed by atoms with van der Waals surface area (Å²) in [4.78, 5) is 12.3. The highest BCUT2D eigenvalue weighted by Gasteiger charge is 2.32. The molecular formula is C15H30N2O.